The van der Waals surface area contributed by atoms with Gasteiger partial charge < -0.3 is 8.83 Å². The summed E-state index contributed by atoms with van der Waals surface area (Å²) in [6.45, 7) is 4.30. The monoisotopic (exact) mass is 417 g/mol. The predicted molar refractivity (Wildman–Crippen MR) is 128 cm³/mol. The van der Waals surface area contributed by atoms with Crippen molar-refractivity contribution in [3.8, 4) is 5.69 Å². The van der Waals surface area contributed by atoms with E-state index in [4.69, 9.17) is 8.83 Å². The zero-order valence-corrected chi connectivity index (χ0v) is 18.1. The van der Waals surface area contributed by atoms with Crippen LogP contribution in [0.3, 0.4) is 0 Å². The number of benzene rings is 4. The fourth-order valence-electron chi connectivity index (χ4n) is 5.13. The number of hydrogen-bond donors (Lipinski definition) is 0. The van der Waals surface area contributed by atoms with Gasteiger partial charge in [-0.05, 0) is 25.1 Å². The average molecular weight is 417 g/mol. The molecule has 32 heavy (non-hydrogen) atoms. The molecular formula is C28H21N2O2+. The highest BCUT2D eigenvalue weighted by atomic mass is 16.3. The van der Waals surface area contributed by atoms with Crippen LogP contribution in [0.15, 0.2) is 81.6 Å². The smallest absolute Gasteiger partial charge is 0.259 e. The Morgan fingerprint density at radius 2 is 1.38 bits per heavy atom. The minimum absolute atomic E-state index is 0.896. The van der Waals surface area contributed by atoms with Gasteiger partial charge in [-0.15, -0.1) is 0 Å². The van der Waals surface area contributed by atoms with E-state index >= 15 is 0 Å². The van der Waals surface area contributed by atoms with E-state index < -0.39 is 0 Å². The van der Waals surface area contributed by atoms with Crippen LogP contribution >= 0.6 is 0 Å². The van der Waals surface area contributed by atoms with Crippen molar-refractivity contribution in [2.45, 2.75) is 13.8 Å². The van der Waals surface area contributed by atoms with Crippen LogP contribution in [0.5, 0.6) is 0 Å². The zero-order chi connectivity index (χ0) is 21.6. The number of furan rings is 2. The van der Waals surface area contributed by atoms with E-state index in [-0.39, 0.29) is 0 Å². The number of aromatic nitrogens is 2. The quantitative estimate of drug-likeness (QED) is 0.273. The van der Waals surface area contributed by atoms with Gasteiger partial charge in [-0.2, -0.15) is 4.57 Å². The average Bonchev–Trinajstić information content (AvgIpc) is 3.43. The molecule has 0 atom stereocenters. The van der Waals surface area contributed by atoms with Crippen molar-refractivity contribution in [2.24, 2.45) is 7.05 Å². The van der Waals surface area contributed by atoms with Gasteiger partial charge in [-0.25, -0.2) is 4.57 Å². The lowest BCUT2D eigenvalue weighted by atomic mass is 10.1. The minimum atomic E-state index is 0.896. The standard InChI is InChI=1S/C28H21N2O2/c1-16-12-13-20-18-8-4-7-11-25(18)32-28(20)27(16)30-17(2)29(3)22-14-21-19-9-5-6-10-24(19)31-26(21)15-23(22)30/h4-15H,1-3H3/q+1. The van der Waals surface area contributed by atoms with E-state index in [0.29, 0.717) is 0 Å². The van der Waals surface area contributed by atoms with Crippen molar-refractivity contribution < 1.29 is 13.4 Å². The van der Waals surface area contributed by atoms with Gasteiger partial charge in [0.25, 0.3) is 5.82 Å². The first-order chi connectivity index (χ1) is 15.6. The summed E-state index contributed by atoms with van der Waals surface area (Å²) in [4.78, 5) is 0. The second-order valence-electron chi connectivity index (χ2n) is 8.58. The zero-order valence-electron chi connectivity index (χ0n) is 18.1. The molecule has 0 aliphatic rings. The molecule has 0 saturated carbocycles. The second-order valence-corrected chi connectivity index (χ2v) is 8.58. The molecule has 7 aromatic rings. The Bertz CT molecular complexity index is 1860. The summed E-state index contributed by atoms with van der Waals surface area (Å²) in [7, 11) is 2.12. The molecule has 0 radical (unpaired) electrons. The van der Waals surface area contributed by atoms with Crippen molar-refractivity contribution in [1.29, 1.82) is 0 Å². The molecule has 0 aliphatic carbocycles. The molecule has 0 fully saturated rings. The Kier molecular flexibility index (Phi) is 3.31. The lowest BCUT2D eigenvalue weighted by molar-refractivity contribution is -0.652. The third kappa shape index (κ3) is 2.14. The molecule has 4 nitrogen and oxygen atoms in total. The van der Waals surface area contributed by atoms with Crippen molar-refractivity contribution in [3.63, 3.8) is 0 Å². The Balaban J connectivity index is 1.65. The van der Waals surface area contributed by atoms with Crippen molar-refractivity contribution in [2.75, 3.05) is 0 Å². The molecule has 0 unspecified atom stereocenters. The molecule has 154 valence electrons. The first-order valence-electron chi connectivity index (χ1n) is 10.9. The molecule has 4 aromatic carbocycles. The Labute approximate surface area is 183 Å². The number of para-hydroxylation sites is 2. The maximum Gasteiger partial charge on any atom is 0.259 e. The van der Waals surface area contributed by atoms with E-state index in [1.807, 2.05) is 24.3 Å². The highest BCUT2D eigenvalue weighted by Crippen LogP contribution is 2.37. The van der Waals surface area contributed by atoms with Gasteiger partial charge in [-0.3, -0.25) is 0 Å². The Morgan fingerprint density at radius 3 is 2.16 bits per heavy atom. The van der Waals surface area contributed by atoms with Crippen LogP contribution in [-0.2, 0) is 7.05 Å². The maximum atomic E-state index is 6.41. The molecule has 4 heteroatoms. The van der Waals surface area contributed by atoms with E-state index in [1.54, 1.807) is 0 Å². The summed E-state index contributed by atoms with van der Waals surface area (Å²) in [6, 6.07) is 25.2. The molecular weight excluding hydrogens is 396 g/mol. The predicted octanol–water partition coefficient (Wildman–Crippen LogP) is 6.87. The fraction of sp³-hybridized carbons (Fsp3) is 0.107. The third-order valence-electron chi connectivity index (χ3n) is 6.83. The van der Waals surface area contributed by atoms with Gasteiger partial charge in [0.2, 0.25) is 0 Å². The van der Waals surface area contributed by atoms with Crippen LogP contribution in [0.4, 0.5) is 0 Å². The van der Waals surface area contributed by atoms with Crippen molar-refractivity contribution in [1.82, 2.24) is 4.57 Å². The number of imidazole rings is 1. The van der Waals surface area contributed by atoms with Crippen LogP contribution in [0, 0.1) is 13.8 Å². The summed E-state index contributed by atoms with van der Waals surface area (Å²) >= 11 is 0. The molecule has 0 N–H and O–H groups in total. The first-order valence-corrected chi connectivity index (χ1v) is 10.9. The SMILES string of the molecule is Cc1ccc2c(oc3ccccc32)c1-n1c(C)[n+](C)c2cc3c(cc21)oc1ccccc13. The van der Waals surface area contributed by atoms with Gasteiger partial charge in [-0.1, -0.05) is 42.5 Å². The Morgan fingerprint density at radius 1 is 0.688 bits per heavy atom. The maximum absolute atomic E-state index is 6.41. The number of rotatable bonds is 1. The number of aryl methyl sites for hydroxylation is 2. The van der Waals surface area contributed by atoms with Crippen LogP contribution in [0.2, 0.25) is 0 Å². The highest BCUT2D eigenvalue weighted by molar-refractivity contribution is 6.10. The van der Waals surface area contributed by atoms with Gasteiger partial charge in [0.15, 0.2) is 22.3 Å². The molecule has 3 heterocycles. The van der Waals surface area contributed by atoms with Crippen molar-refractivity contribution in [3.05, 3.63) is 84.2 Å². The third-order valence-corrected chi connectivity index (χ3v) is 6.83. The number of nitrogens with zero attached hydrogens (tertiary/aromatic N) is 2. The molecule has 0 amide bonds. The number of fused-ring (bicyclic) bond motifs is 7. The van der Waals surface area contributed by atoms with E-state index in [9.17, 15) is 0 Å². The van der Waals surface area contributed by atoms with Gasteiger partial charge >= 0.3 is 0 Å². The first kappa shape index (κ1) is 17.6. The molecule has 3 aromatic heterocycles. The Hall–Kier alpha value is -4.05. The van der Waals surface area contributed by atoms with E-state index in [1.165, 1.54) is 5.56 Å². The largest absolute Gasteiger partial charge is 0.456 e. The van der Waals surface area contributed by atoms with E-state index in [2.05, 4.69) is 78.6 Å². The summed E-state index contributed by atoms with van der Waals surface area (Å²) in [5, 5.41) is 4.56. The minimum Gasteiger partial charge on any atom is -0.456 e. The van der Waals surface area contributed by atoms with Gasteiger partial charge in [0, 0.05) is 46.2 Å². The van der Waals surface area contributed by atoms with Crippen LogP contribution in [0.1, 0.15) is 11.4 Å². The van der Waals surface area contributed by atoms with Crippen LogP contribution in [0.25, 0.3) is 60.6 Å². The van der Waals surface area contributed by atoms with E-state index in [0.717, 1.165) is 66.4 Å². The highest BCUT2D eigenvalue weighted by Gasteiger charge is 2.27. The molecule has 0 saturated heterocycles. The molecule has 0 spiro atoms. The molecule has 0 bridgehead atoms. The molecule has 7 rings (SSSR count). The van der Waals surface area contributed by atoms with Crippen LogP contribution < -0.4 is 4.57 Å². The van der Waals surface area contributed by atoms with Gasteiger partial charge in [0.05, 0.1) is 7.05 Å². The lowest BCUT2D eigenvalue weighted by Gasteiger charge is -2.05. The number of hydrogen-bond acceptors (Lipinski definition) is 2. The summed E-state index contributed by atoms with van der Waals surface area (Å²) in [5.41, 5.74) is 8.15. The van der Waals surface area contributed by atoms with Crippen LogP contribution in [-0.4, -0.2) is 4.57 Å². The topological polar surface area (TPSA) is 35.1 Å². The summed E-state index contributed by atoms with van der Waals surface area (Å²) in [6.07, 6.45) is 0. The van der Waals surface area contributed by atoms with Gasteiger partial charge in [0.1, 0.15) is 16.7 Å². The molecule has 0 aliphatic heterocycles. The summed E-state index contributed by atoms with van der Waals surface area (Å²) in [5.74, 6) is 1.13. The summed E-state index contributed by atoms with van der Waals surface area (Å²) < 4.78 is 17.2. The normalized spacial score (nSPS) is 12.2. The van der Waals surface area contributed by atoms with Crippen molar-refractivity contribution >= 4 is 54.9 Å². The lowest BCUT2D eigenvalue weighted by Crippen LogP contribution is -2.30. The second kappa shape index (κ2) is 6.01. The fourth-order valence-corrected chi connectivity index (χ4v) is 5.13.